The Labute approximate surface area is 97.5 Å². The molecule has 3 rings (SSSR count). The quantitative estimate of drug-likeness (QED) is 0.624. The molecule has 0 unspecified atom stereocenters. The van der Waals surface area contributed by atoms with Gasteiger partial charge in [0.15, 0.2) is 5.65 Å². The number of carbonyl (C=O) groups is 1. The molecule has 0 aliphatic heterocycles. The van der Waals surface area contributed by atoms with E-state index in [0.717, 1.165) is 0 Å². The summed E-state index contributed by atoms with van der Waals surface area (Å²) < 4.78 is 1.55. The molecule has 0 radical (unpaired) electrons. The van der Waals surface area contributed by atoms with Crippen LogP contribution >= 0.6 is 0 Å². The lowest BCUT2D eigenvalue weighted by Gasteiger charge is -1.99. The zero-order chi connectivity index (χ0) is 11.7. The summed E-state index contributed by atoms with van der Waals surface area (Å²) >= 11 is 0. The van der Waals surface area contributed by atoms with E-state index in [0.29, 0.717) is 16.9 Å². The number of carbonyl (C=O) groups excluding carboxylic acids is 1. The lowest BCUT2D eigenvalue weighted by molar-refractivity contribution is 0.103. The van der Waals surface area contributed by atoms with Crippen LogP contribution in [0.15, 0.2) is 54.9 Å². The van der Waals surface area contributed by atoms with E-state index in [4.69, 9.17) is 0 Å². The normalized spacial score (nSPS) is 10.6. The topological polar surface area (TPSA) is 47.3 Å². The minimum atomic E-state index is -0.0724. The van der Waals surface area contributed by atoms with Gasteiger partial charge in [-0.3, -0.25) is 4.79 Å². The highest BCUT2D eigenvalue weighted by molar-refractivity contribution is 6.08. The van der Waals surface area contributed by atoms with Gasteiger partial charge < -0.3 is 0 Å². The molecule has 0 saturated carbocycles. The van der Waals surface area contributed by atoms with Crippen molar-refractivity contribution >= 4 is 11.4 Å². The van der Waals surface area contributed by atoms with Crippen LogP contribution in [0.25, 0.3) is 5.65 Å². The van der Waals surface area contributed by atoms with Crippen molar-refractivity contribution in [1.29, 1.82) is 0 Å². The molecule has 0 spiro atoms. The van der Waals surface area contributed by atoms with Crippen LogP contribution in [0.2, 0.25) is 0 Å². The third-order valence-electron chi connectivity index (χ3n) is 2.55. The molecule has 3 aromatic rings. The second-order valence-electron chi connectivity index (χ2n) is 3.63. The number of hydrogen-bond acceptors (Lipinski definition) is 3. The molecule has 0 fully saturated rings. The van der Waals surface area contributed by atoms with Gasteiger partial charge in [-0.2, -0.15) is 5.10 Å². The lowest BCUT2D eigenvalue weighted by Crippen LogP contribution is -2.06. The Balaban J connectivity index is 2.14. The van der Waals surface area contributed by atoms with Gasteiger partial charge in [0.25, 0.3) is 0 Å². The maximum absolute atomic E-state index is 12.2. The van der Waals surface area contributed by atoms with E-state index in [1.807, 2.05) is 24.3 Å². The van der Waals surface area contributed by atoms with Crippen LogP contribution in [0.4, 0.5) is 0 Å². The number of fused-ring (bicyclic) bond motifs is 1. The fraction of sp³-hybridized carbons (Fsp3) is 0. The molecular weight excluding hydrogens is 214 g/mol. The summed E-state index contributed by atoms with van der Waals surface area (Å²) in [5.74, 6) is -0.0724. The van der Waals surface area contributed by atoms with Crippen LogP contribution in [0.1, 0.15) is 16.1 Å². The van der Waals surface area contributed by atoms with E-state index >= 15 is 0 Å². The van der Waals surface area contributed by atoms with Gasteiger partial charge in [-0.05, 0) is 12.1 Å². The van der Waals surface area contributed by atoms with Gasteiger partial charge in [0.1, 0.15) is 5.69 Å². The first kappa shape index (κ1) is 9.72. The molecule has 1 aromatic carbocycles. The van der Waals surface area contributed by atoms with Crippen molar-refractivity contribution in [3.05, 3.63) is 66.1 Å². The van der Waals surface area contributed by atoms with E-state index in [2.05, 4.69) is 10.1 Å². The first-order valence-corrected chi connectivity index (χ1v) is 5.25. The molecule has 2 heterocycles. The predicted molar refractivity (Wildman–Crippen MR) is 62.9 cm³/mol. The Bertz CT molecular complexity index is 673. The second-order valence-corrected chi connectivity index (χ2v) is 3.63. The van der Waals surface area contributed by atoms with E-state index in [9.17, 15) is 4.79 Å². The smallest absolute Gasteiger partial charge is 0.213 e. The molecule has 82 valence electrons. The third-order valence-corrected chi connectivity index (χ3v) is 2.55. The van der Waals surface area contributed by atoms with Crippen molar-refractivity contribution < 1.29 is 4.79 Å². The van der Waals surface area contributed by atoms with Crippen LogP contribution < -0.4 is 0 Å². The van der Waals surface area contributed by atoms with Crippen LogP contribution in [-0.2, 0) is 0 Å². The second kappa shape index (κ2) is 3.83. The van der Waals surface area contributed by atoms with Gasteiger partial charge in [0.2, 0.25) is 5.78 Å². The van der Waals surface area contributed by atoms with Crippen LogP contribution in [0, 0.1) is 0 Å². The highest BCUT2D eigenvalue weighted by atomic mass is 16.1. The monoisotopic (exact) mass is 223 g/mol. The zero-order valence-corrected chi connectivity index (χ0v) is 8.95. The van der Waals surface area contributed by atoms with Gasteiger partial charge in [0.05, 0.1) is 6.20 Å². The molecule has 17 heavy (non-hydrogen) atoms. The van der Waals surface area contributed by atoms with Gasteiger partial charge in [-0.15, -0.1) is 0 Å². The van der Waals surface area contributed by atoms with Crippen molar-refractivity contribution in [2.45, 2.75) is 0 Å². The number of benzene rings is 1. The maximum atomic E-state index is 12.2. The number of ketones is 1. The molecular formula is C13H9N3O. The average Bonchev–Trinajstić information content (AvgIpc) is 2.83. The number of hydrogen-bond donors (Lipinski definition) is 0. The van der Waals surface area contributed by atoms with Crippen molar-refractivity contribution in [3.63, 3.8) is 0 Å². The predicted octanol–water partition coefficient (Wildman–Crippen LogP) is 1.96. The average molecular weight is 223 g/mol. The Morgan fingerprint density at radius 3 is 2.71 bits per heavy atom. The Morgan fingerprint density at radius 1 is 1.06 bits per heavy atom. The Hall–Kier alpha value is -2.49. The molecule has 0 atom stereocenters. The molecule has 0 saturated heterocycles. The van der Waals surface area contributed by atoms with Gasteiger partial charge in [0, 0.05) is 11.8 Å². The molecule has 0 aliphatic rings. The van der Waals surface area contributed by atoms with Crippen LogP contribution in [-0.4, -0.2) is 20.4 Å². The summed E-state index contributed by atoms with van der Waals surface area (Å²) in [4.78, 5) is 16.4. The standard InChI is InChI=1S/C13H9N3O/c17-13(10-5-2-1-3-6-10)11-9-14-12-7-4-8-15-16(11)12/h1-9H. The van der Waals surface area contributed by atoms with Gasteiger partial charge in [-0.1, -0.05) is 30.3 Å². The molecule has 4 heteroatoms. The SMILES string of the molecule is O=C(c1ccccc1)c1cnc2cccnn12. The Morgan fingerprint density at radius 2 is 1.88 bits per heavy atom. The number of imidazole rings is 1. The fourth-order valence-electron chi connectivity index (χ4n) is 1.72. The van der Waals surface area contributed by atoms with Crippen molar-refractivity contribution in [3.8, 4) is 0 Å². The third kappa shape index (κ3) is 1.59. The Kier molecular flexibility index (Phi) is 2.19. The lowest BCUT2D eigenvalue weighted by atomic mass is 10.1. The summed E-state index contributed by atoms with van der Waals surface area (Å²) in [6.45, 7) is 0. The van der Waals surface area contributed by atoms with Gasteiger partial charge in [-0.25, -0.2) is 9.50 Å². The van der Waals surface area contributed by atoms with Crippen molar-refractivity contribution in [1.82, 2.24) is 14.6 Å². The fourth-order valence-corrected chi connectivity index (χ4v) is 1.72. The molecule has 0 aliphatic carbocycles. The first-order valence-electron chi connectivity index (χ1n) is 5.25. The summed E-state index contributed by atoms with van der Waals surface area (Å²) in [6.07, 6.45) is 3.19. The van der Waals surface area contributed by atoms with E-state index < -0.39 is 0 Å². The van der Waals surface area contributed by atoms with Crippen LogP contribution in [0.5, 0.6) is 0 Å². The summed E-state index contributed by atoms with van der Waals surface area (Å²) in [7, 11) is 0. The molecule has 0 bridgehead atoms. The largest absolute Gasteiger partial charge is 0.287 e. The minimum Gasteiger partial charge on any atom is -0.287 e. The van der Waals surface area contributed by atoms with E-state index in [1.165, 1.54) is 0 Å². The number of nitrogens with zero attached hydrogens (tertiary/aromatic N) is 3. The minimum absolute atomic E-state index is 0.0724. The van der Waals surface area contributed by atoms with Gasteiger partial charge >= 0.3 is 0 Å². The van der Waals surface area contributed by atoms with E-state index in [1.54, 1.807) is 35.1 Å². The zero-order valence-electron chi connectivity index (χ0n) is 8.95. The summed E-state index contributed by atoms with van der Waals surface area (Å²) in [5.41, 5.74) is 1.79. The summed E-state index contributed by atoms with van der Waals surface area (Å²) in [5, 5.41) is 4.12. The molecule has 0 amide bonds. The highest BCUT2D eigenvalue weighted by Gasteiger charge is 2.14. The number of aromatic nitrogens is 3. The number of rotatable bonds is 2. The molecule has 0 N–H and O–H groups in total. The highest BCUT2D eigenvalue weighted by Crippen LogP contribution is 2.10. The first-order chi connectivity index (χ1) is 8.36. The summed E-state index contributed by atoms with van der Waals surface area (Å²) in [6, 6.07) is 12.7. The van der Waals surface area contributed by atoms with Crippen molar-refractivity contribution in [2.75, 3.05) is 0 Å². The van der Waals surface area contributed by atoms with Crippen molar-refractivity contribution in [2.24, 2.45) is 0 Å². The molecule has 4 nitrogen and oxygen atoms in total. The molecule has 2 aromatic heterocycles. The maximum Gasteiger partial charge on any atom is 0.213 e. The van der Waals surface area contributed by atoms with E-state index in [-0.39, 0.29) is 5.78 Å². The van der Waals surface area contributed by atoms with Crippen LogP contribution in [0.3, 0.4) is 0 Å².